The number of methoxy groups -OCH3 is 1. The smallest absolute Gasteiger partial charge is 0.0809 e. The van der Waals surface area contributed by atoms with Crippen molar-refractivity contribution >= 4 is 0 Å². The van der Waals surface area contributed by atoms with E-state index in [1.807, 2.05) is 13.8 Å². The maximum absolute atomic E-state index is 5.27. The second kappa shape index (κ2) is 7.03. The van der Waals surface area contributed by atoms with Crippen LogP contribution in [0.15, 0.2) is 0 Å². The third kappa shape index (κ3) is 3.85. The van der Waals surface area contributed by atoms with Crippen molar-refractivity contribution in [3.05, 3.63) is 0 Å². The van der Waals surface area contributed by atoms with Crippen molar-refractivity contribution in [1.29, 1.82) is 0 Å². The van der Waals surface area contributed by atoms with Crippen molar-refractivity contribution in [3.63, 3.8) is 0 Å². The fourth-order valence-electron chi connectivity index (χ4n) is 0.962. The summed E-state index contributed by atoms with van der Waals surface area (Å²) >= 11 is 0. The molecule has 1 fully saturated rings. The predicted molar refractivity (Wildman–Crippen MR) is 42.2 cm³/mol. The van der Waals surface area contributed by atoms with E-state index in [2.05, 4.69) is 0 Å². The molecule has 2 nitrogen and oxygen atoms in total. The molecule has 1 heterocycles. The SMILES string of the molecule is CC.COCC1CCCO1. The summed E-state index contributed by atoms with van der Waals surface area (Å²) in [6.07, 6.45) is 2.77. The Kier molecular flexibility index (Phi) is 6.98. The molecule has 1 atom stereocenters. The van der Waals surface area contributed by atoms with Crippen LogP contribution in [0.25, 0.3) is 0 Å². The maximum atomic E-state index is 5.27. The average Bonchev–Trinajstić information content (AvgIpc) is 2.46. The quantitative estimate of drug-likeness (QED) is 0.591. The lowest BCUT2D eigenvalue weighted by molar-refractivity contribution is 0.0380. The van der Waals surface area contributed by atoms with Crippen LogP contribution in [0.5, 0.6) is 0 Å². The summed E-state index contributed by atoms with van der Waals surface area (Å²) in [4.78, 5) is 0. The lowest BCUT2D eigenvalue weighted by Crippen LogP contribution is -2.11. The maximum Gasteiger partial charge on any atom is 0.0809 e. The number of hydrogen-bond donors (Lipinski definition) is 0. The van der Waals surface area contributed by atoms with Gasteiger partial charge in [0.2, 0.25) is 0 Å². The van der Waals surface area contributed by atoms with Gasteiger partial charge in [-0.2, -0.15) is 0 Å². The molecule has 1 unspecified atom stereocenters. The van der Waals surface area contributed by atoms with E-state index in [1.165, 1.54) is 12.8 Å². The lowest BCUT2D eigenvalue weighted by Gasteiger charge is -2.05. The highest BCUT2D eigenvalue weighted by Crippen LogP contribution is 2.10. The zero-order chi connectivity index (χ0) is 7.82. The Hall–Kier alpha value is -0.0800. The van der Waals surface area contributed by atoms with E-state index in [-0.39, 0.29) is 0 Å². The van der Waals surface area contributed by atoms with Gasteiger partial charge in [-0.15, -0.1) is 0 Å². The van der Waals surface area contributed by atoms with Gasteiger partial charge in [0, 0.05) is 13.7 Å². The largest absolute Gasteiger partial charge is 0.382 e. The Morgan fingerprint density at radius 3 is 2.60 bits per heavy atom. The summed E-state index contributed by atoms with van der Waals surface area (Å²) in [6, 6.07) is 0. The number of ether oxygens (including phenoxy) is 2. The van der Waals surface area contributed by atoms with Crippen LogP contribution in [-0.4, -0.2) is 26.4 Å². The van der Waals surface area contributed by atoms with Gasteiger partial charge >= 0.3 is 0 Å². The number of rotatable bonds is 2. The number of hydrogen-bond acceptors (Lipinski definition) is 2. The minimum absolute atomic E-state index is 0.389. The van der Waals surface area contributed by atoms with E-state index in [9.17, 15) is 0 Å². The summed E-state index contributed by atoms with van der Waals surface area (Å²) in [6.45, 7) is 5.69. The molecule has 0 aromatic heterocycles. The molecule has 0 radical (unpaired) electrons. The van der Waals surface area contributed by atoms with Crippen LogP contribution in [0.2, 0.25) is 0 Å². The van der Waals surface area contributed by atoms with Crippen molar-refractivity contribution in [3.8, 4) is 0 Å². The highest BCUT2D eigenvalue weighted by Gasteiger charge is 2.13. The Labute approximate surface area is 63.5 Å². The fourth-order valence-corrected chi connectivity index (χ4v) is 0.962. The van der Waals surface area contributed by atoms with E-state index in [0.717, 1.165) is 13.2 Å². The molecule has 0 aliphatic carbocycles. The first-order valence-electron chi connectivity index (χ1n) is 4.04. The van der Waals surface area contributed by atoms with Crippen molar-refractivity contribution in [2.24, 2.45) is 0 Å². The molecule has 0 amide bonds. The van der Waals surface area contributed by atoms with E-state index in [0.29, 0.717) is 6.10 Å². The van der Waals surface area contributed by atoms with Gasteiger partial charge in [-0.25, -0.2) is 0 Å². The standard InChI is InChI=1S/C6H12O2.C2H6/c1-7-5-6-3-2-4-8-6;1-2/h6H,2-5H2,1H3;1-2H3. The molecule has 0 aromatic rings. The molecular formula is C8H18O2. The first-order valence-corrected chi connectivity index (χ1v) is 4.04. The van der Waals surface area contributed by atoms with Gasteiger partial charge in [0.25, 0.3) is 0 Å². The van der Waals surface area contributed by atoms with E-state index < -0.39 is 0 Å². The summed E-state index contributed by atoms with van der Waals surface area (Å²) in [5.74, 6) is 0. The minimum Gasteiger partial charge on any atom is -0.382 e. The second-order valence-electron chi connectivity index (χ2n) is 2.09. The van der Waals surface area contributed by atoms with Crippen LogP contribution in [-0.2, 0) is 9.47 Å². The van der Waals surface area contributed by atoms with Crippen LogP contribution in [0.1, 0.15) is 26.7 Å². The molecule has 0 saturated carbocycles. The molecule has 0 spiro atoms. The zero-order valence-corrected chi connectivity index (χ0v) is 7.22. The summed E-state index contributed by atoms with van der Waals surface area (Å²) in [7, 11) is 1.71. The Morgan fingerprint density at radius 1 is 1.50 bits per heavy atom. The minimum atomic E-state index is 0.389. The molecular weight excluding hydrogens is 128 g/mol. The van der Waals surface area contributed by atoms with Crippen molar-refractivity contribution in [2.45, 2.75) is 32.8 Å². The molecule has 62 valence electrons. The monoisotopic (exact) mass is 146 g/mol. The molecule has 0 N–H and O–H groups in total. The summed E-state index contributed by atoms with van der Waals surface area (Å²) < 4.78 is 10.2. The van der Waals surface area contributed by atoms with E-state index in [4.69, 9.17) is 9.47 Å². The predicted octanol–water partition coefficient (Wildman–Crippen LogP) is 1.84. The van der Waals surface area contributed by atoms with Gasteiger partial charge in [0.05, 0.1) is 12.7 Å². The van der Waals surface area contributed by atoms with Gasteiger partial charge in [0.1, 0.15) is 0 Å². The zero-order valence-electron chi connectivity index (χ0n) is 7.22. The van der Waals surface area contributed by atoms with Crippen LogP contribution >= 0.6 is 0 Å². The molecule has 1 saturated heterocycles. The third-order valence-corrected chi connectivity index (χ3v) is 1.38. The molecule has 2 heteroatoms. The molecule has 0 aromatic carbocycles. The Morgan fingerprint density at radius 2 is 2.20 bits per heavy atom. The first-order chi connectivity index (χ1) is 4.93. The molecule has 1 aliphatic heterocycles. The van der Waals surface area contributed by atoms with E-state index >= 15 is 0 Å². The highest BCUT2D eigenvalue weighted by atomic mass is 16.5. The normalized spacial score (nSPS) is 23.7. The fraction of sp³-hybridized carbons (Fsp3) is 1.00. The molecule has 0 bridgehead atoms. The Bertz CT molecular complexity index is 58.3. The topological polar surface area (TPSA) is 18.5 Å². The van der Waals surface area contributed by atoms with Gasteiger partial charge in [-0.05, 0) is 12.8 Å². The summed E-state index contributed by atoms with van der Waals surface area (Å²) in [5, 5.41) is 0. The summed E-state index contributed by atoms with van der Waals surface area (Å²) in [5.41, 5.74) is 0. The van der Waals surface area contributed by atoms with Crippen molar-refractivity contribution < 1.29 is 9.47 Å². The van der Waals surface area contributed by atoms with Gasteiger partial charge in [-0.1, -0.05) is 13.8 Å². The van der Waals surface area contributed by atoms with Crippen molar-refractivity contribution in [1.82, 2.24) is 0 Å². The molecule has 1 rings (SSSR count). The van der Waals surface area contributed by atoms with Crippen LogP contribution in [0, 0.1) is 0 Å². The highest BCUT2D eigenvalue weighted by molar-refractivity contribution is 4.62. The lowest BCUT2D eigenvalue weighted by atomic mass is 10.2. The second-order valence-corrected chi connectivity index (χ2v) is 2.09. The average molecular weight is 146 g/mol. The van der Waals surface area contributed by atoms with Crippen LogP contribution < -0.4 is 0 Å². The van der Waals surface area contributed by atoms with Crippen molar-refractivity contribution in [2.75, 3.05) is 20.3 Å². The first kappa shape index (κ1) is 9.92. The Balaban J connectivity index is 0.000000371. The van der Waals surface area contributed by atoms with Crippen LogP contribution in [0.3, 0.4) is 0 Å². The molecule has 10 heavy (non-hydrogen) atoms. The van der Waals surface area contributed by atoms with Crippen LogP contribution in [0.4, 0.5) is 0 Å². The van der Waals surface area contributed by atoms with E-state index in [1.54, 1.807) is 7.11 Å². The van der Waals surface area contributed by atoms with Gasteiger partial charge in [-0.3, -0.25) is 0 Å². The van der Waals surface area contributed by atoms with Gasteiger partial charge < -0.3 is 9.47 Å². The molecule has 1 aliphatic rings. The third-order valence-electron chi connectivity index (χ3n) is 1.38. The van der Waals surface area contributed by atoms with Gasteiger partial charge in [0.15, 0.2) is 0 Å².